The summed E-state index contributed by atoms with van der Waals surface area (Å²) in [5.41, 5.74) is 7.27. The molecule has 0 saturated heterocycles. The van der Waals surface area contributed by atoms with Gasteiger partial charge in [-0.05, 0) is 54.8 Å². The monoisotopic (exact) mass is 756 g/mol. The van der Waals surface area contributed by atoms with Crippen LogP contribution in [0.15, 0.2) is 138 Å². The lowest BCUT2D eigenvalue weighted by Crippen LogP contribution is -2.28. The van der Waals surface area contributed by atoms with E-state index in [9.17, 15) is 14.8 Å². The second kappa shape index (κ2) is 15.9. The van der Waals surface area contributed by atoms with E-state index in [0.29, 0.717) is 45.9 Å². The molecule has 3 N–H and O–H groups in total. The molecule has 9 aromatic rings. The molecule has 14 nitrogen and oxygen atoms in total. The first kappa shape index (κ1) is 36.2. The maximum atomic E-state index is 12.9. The zero-order valence-electron chi connectivity index (χ0n) is 31.0. The van der Waals surface area contributed by atoms with Crippen molar-refractivity contribution in [3.63, 3.8) is 0 Å². The van der Waals surface area contributed by atoms with Gasteiger partial charge in [-0.15, -0.1) is 9.46 Å². The van der Waals surface area contributed by atoms with Gasteiger partial charge in [0.2, 0.25) is 0 Å². The fourth-order valence-electron chi connectivity index (χ4n) is 6.53. The summed E-state index contributed by atoms with van der Waals surface area (Å²) in [4.78, 5) is 56.4. The van der Waals surface area contributed by atoms with Crippen LogP contribution < -0.4 is 26.6 Å². The number of para-hydroxylation sites is 2. The minimum Gasteiger partial charge on any atom is -0.423 e. The summed E-state index contributed by atoms with van der Waals surface area (Å²) in [6.45, 7) is 4.94. The predicted molar refractivity (Wildman–Crippen MR) is 219 cm³/mol. The molecule has 0 aliphatic carbocycles. The van der Waals surface area contributed by atoms with E-state index < -0.39 is 5.56 Å². The van der Waals surface area contributed by atoms with Crippen molar-refractivity contribution >= 4 is 55.2 Å². The van der Waals surface area contributed by atoms with Gasteiger partial charge in [-0.2, -0.15) is 0 Å². The average Bonchev–Trinajstić information content (AvgIpc) is 3.24. The van der Waals surface area contributed by atoms with Gasteiger partial charge >= 0.3 is 0 Å². The summed E-state index contributed by atoms with van der Waals surface area (Å²) >= 11 is 0. The Bertz CT molecular complexity index is 3030. The van der Waals surface area contributed by atoms with E-state index in [1.807, 2.05) is 98.0 Å². The van der Waals surface area contributed by atoms with Gasteiger partial charge in [-0.1, -0.05) is 66.7 Å². The third-order valence-electron chi connectivity index (χ3n) is 9.37. The van der Waals surface area contributed by atoms with Crippen molar-refractivity contribution in [2.24, 2.45) is 0 Å². The molecule has 0 radical (unpaired) electrons. The number of nitrogens with one attached hydrogen (secondary N) is 2. The van der Waals surface area contributed by atoms with Crippen LogP contribution >= 0.6 is 0 Å². The van der Waals surface area contributed by atoms with E-state index in [1.165, 1.54) is 29.5 Å². The lowest BCUT2D eigenvalue weighted by Gasteiger charge is -2.15. The number of hydrogen-bond acceptors (Lipinski definition) is 12. The SMILES string of the molecule is Cc1ncnc2c1c(NCc1cnc3ccccc3c1)cc(=O)n2O.Cc1ncnc2c1c(NCc1cnc3ccccc3c1)cc(=O)n2OCc1ccccc1. The van der Waals surface area contributed by atoms with Crippen LogP contribution in [0.5, 0.6) is 0 Å². The van der Waals surface area contributed by atoms with Crippen LogP contribution in [0, 0.1) is 13.8 Å². The largest absolute Gasteiger partial charge is 0.423 e. The molecule has 0 saturated carbocycles. The number of nitrogens with zero attached hydrogens (tertiary/aromatic N) is 8. The highest BCUT2D eigenvalue weighted by atomic mass is 16.7. The minimum absolute atomic E-state index is 0.180. The summed E-state index contributed by atoms with van der Waals surface area (Å²) in [7, 11) is 0. The fourth-order valence-corrected chi connectivity index (χ4v) is 6.53. The summed E-state index contributed by atoms with van der Waals surface area (Å²) in [6.07, 6.45) is 6.40. The van der Waals surface area contributed by atoms with Crippen LogP contribution in [0.4, 0.5) is 11.4 Å². The Hall–Kier alpha value is -7.74. The van der Waals surface area contributed by atoms with Gasteiger partial charge in [0.15, 0.2) is 11.3 Å². The molecule has 0 amide bonds. The third kappa shape index (κ3) is 7.77. The highest BCUT2D eigenvalue weighted by molar-refractivity contribution is 5.91. The number of benzene rings is 3. The topological polar surface area (TPSA) is 175 Å². The average molecular weight is 757 g/mol. The first-order valence-electron chi connectivity index (χ1n) is 18.1. The zero-order valence-corrected chi connectivity index (χ0v) is 31.0. The second-order valence-corrected chi connectivity index (χ2v) is 13.3. The van der Waals surface area contributed by atoms with Crippen LogP contribution in [-0.4, -0.2) is 44.6 Å². The Morgan fingerprint density at radius 1 is 0.579 bits per heavy atom. The fraction of sp³-hybridized carbons (Fsp3) is 0.116. The predicted octanol–water partition coefficient (Wildman–Crippen LogP) is 6.39. The first-order valence-corrected chi connectivity index (χ1v) is 18.1. The van der Waals surface area contributed by atoms with E-state index in [1.54, 1.807) is 13.1 Å². The molecule has 0 spiro atoms. The van der Waals surface area contributed by atoms with Crippen LogP contribution in [0.3, 0.4) is 0 Å². The van der Waals surface area contributed by atoms with Crippen molar-refractivity contribution < 1.29 is 10.0 Å². The van der Waals surface area contributed by atoms with Crippen LogP contribution in [0.25, 0.3) is 43.9 Å². The van der Waals surface area contributed by atoms with Crippen LogP contribution in [0.1, 0.15) is 28.1 Å². The van der Waals surface area contributed by atoms with Crippen molar-refractivity contribution in [3.8, 4) is 0 Å². The summed E-state index contributed by atoms with van der Waals surface area (Å²) < 4.78 is 1.77. The molecule has 0 bridgehead atoms. The smallest absolute Gasteiger partial charge is 0.287 e. The van der Waals surface area contributed by atoms with Crippen molar-refractivity contribution in [1.82, 2.24) is 39.4 Å². The lowest BCUT2D eigenvalue weighted by atomic mass is 10.1. The third-order valence-corrected chi connectivity index (χ3v) is 9.37. The molecule has 0 atom stereocenters. The second-order valence-electron chi connectivity index (χ2n) is 13.3. The number of fused-ring (bicyclic) bond motifs is 4. The first-order chi connectivity index (χ1) is 27.8. The van der Waals surface area contributed by atoms with E-state index in [2.05, 4.69) is 46.6 Å². The lowest BCUT2D eigenvalue weighted by molar-refractivity contribution is 0.0979. The Morgan fingerprint density at radius 2 is 1.09 bits per heavy atom. The number of pyridine rings is 4. The Balaban J connectivity index is 0.000000165. The van der Waals surface area contributed by atoms with Gasteiger partial charge in [-0.25, -0.2) is 19.9 Å². The maximum absolute atomic E-state index is 12.9. The van der Waals surface area contributed by atoms with Gasteiger partial charge in [-0.3, -0.25) is 19.6 Å². The number of aryl methyl sites for hydroxylation is 2. The Kier molecular flexibility index (Phi) is 10.1. The molecular formula is C43H36N10O4. The Labute approximate surface area is 325 Å². The normalized spacial score (nSPS) is 11.1. The van der Waals surface area contributed by atoms with E-state index in [0.717, 1.165) is 49.6 Å². The summed E-state index contributed by atoms with van der Waals surface area (Å²) in [5.74, 6) is 0. The zero-order chi connectivity index (χ0) is 39.3. The number of rotatable bonds is 9. The molecule has 0 unspecified atom stereocenters. The molecule has 0 fully saturated rings. The van der Waals surface area contributed by atoms with Gasteiger partial charge < -0.3 is 20.7 Å². The molecule has 6 heterocycles. The standard InChI is InChI=1S/C25H21N5O2.C18H15N5O2/c1-17-24-22(27-14-19-11-20-9-5-6-10-21(20)26-13-19)12-23(31)30(25(24)29-16-28-17)32-15-18-7-3-2-4-8-18;1-11-17-15(7-16(24)23(25)18(17)22-10-21-11)20-9-12-6-13-4-2-3-5-14(13)19-8-12/h2-13,16,27H,14-15H2,1H3;2-8,10,20,25H,9H2,1H3. The number of anilines is 2. The van der Waals surface area contributed by atoms with Gasteiger partial charge in [0, 0.05) is 48.4 Å². The van der Waals surface area contributed by atoms with Gasteiger partial charge in [0.25, 0.3) is 11.1 Å². The molecule has 9 rings (SSSR count). The Morgan fingerprint density at radius 3 is 1.68 bits per heavy atom. The summed E-state index contributed by atoms with van der Waals surface area (Å²) in [6, 6.07) is 32.6. The van der Waals surface area contributed by atoms with Crippen LogP contribution in [-0.2, 0) is 19.7 Å². The van der Waals surface area contributed by atoms with E-state index >= 15 is 0 Å². The number of hydrogen-bond donors (Lipinski definition) is 3. The quantitative estimate of drug-likeness (QED) is 0.139. The molecule has 0 aliphatic heterocycles. The van der Waals surface area contributed by atoms with Crippen LogP contribution in [0.2, 0.25) is 0 Å². The molecule has 282 valence electrons. The van der Waals surface area contributed by atoms with Gasteiger partial charge in [0.05, 0.1) is 44.6 Å². The highest BCUT2D eigenvalue weighted by Crippen LogP contribution is 2.25. The minimum atomic E-state index is -0.551. The van der Waals surface area contributed by atoms with Crippen molar-refractivity contribution in [2.75, 3.05) is 10.6 Å². The van der Waals surface area contributed by atoms with Crippen molar-refractivity contribution in [2.45, 2.75) is 33.5 Å². The molecule has 57 heavy (non-hydrogen) atoms. The molecule has 6 aromatic heterocycles. The van der Waals surface area contributed by atoms with E-state index in [-0.39, 0.29) is 17.8 Å². The molecule has 14 heteroatoms. The molecular weight excluding hydrogens is 721 g/mol. The summed E-state index contributed by atoms with van der Waals surface area (Å²) in [5, 5.41) is 20.0. The molecule has 3 aromatic carbocycles. The maximum Gasteiger partial charge on any atom is 0.287 e. The van der Waals surface area contributed by atoms with E-state index in [4.69, 9.17) is 4.84 Å². The molecule has 0 aliphatic rings. The van der Waals surface area contributed by atoms with Crippen molar-refractivity contribution in [1.29, 1.82) is 0 Å². The van der Waals surface area contributed by atoms with Crippen molar-refractivity contribution in [3.05, 3.63) is 177 Å². The highest BCUT2D eigenvalue weighted by Gasteiger charge is 2.15. The van der Waals surface area contributed by atoms with Gasteiger partial charge in [0.1, 0.15) is 19.3 Å². The number of aromatic nitrogens is 8.